The van der Waals surface area contributed by atoms with Gasteiger partial charge in [0.15, 0.2) is 6.10 Å². The predicted octanol–water partition coefficient (Wildman–Crippen LogP) is 1.70. The summed E-state index contributed by atoms with van der Waals surface area (Å²) in [5.74, 6) is 0.313. The van der Waals surface area contributed by atoms with Gasteiger partial charge in [-0.15, -0.1) is 0 Å². The second-order valence-corrected chi connectivity index (χ2v) is 5.24. The van der Waals surface area contributed by atoms with Crippen LogP contribution in [0.25, 0.3) is 0 Å². The Morgan fingerprint density at radius 3 is 2.52 bits per heavy atom. The molecule has 1 aliphatic rings. The molecule has 0 aliphatic heterocycles. The average molecular weight is 291 g/mol. The highest BCUT2D eigenvalue weighted by molar-refractivity contribution is 5.84. The highest BCUT2D eigenvalue weighted by Crippen LogP contribution is 2.30. The van der Waals surface area contributed by atoms with Crippen LogP contribution in [0.3, 0.4) is 0 Å². The lowest BCUT2D eigenvalue weighted by Crippen LogP contribution is -2.37. The largest absolute Gasteiger partial charge is 0.497 e. The summed E-state index contributed by atoms with van der Waals surface area (Å²) >= 11 is 0. The number of carbonyl (C=O) groups is 2. The van der Waals surface area contributed by atoms with Gasteiger partial charge in [-0.05, 0) is 43.9 Å². The topological polar surface area (TPSA) is 64.6 Å². The first-order chi connectivity index (χ1) is 10.1. The lowest BCUT2D eigenvalue weighted by molar-refractivity contribution is -0.156. The van der Waals surface area contributed by atoms with E-state index >= 15 is 0 Å². The zero-order chi connectivity index (χ0) is 15.2. The SMILES string of the molecule is COc1ccc(CCNC(=O)[C@@H](C)OC(=O)C2CC2)cc1. The van der Waals surface area contributed by atoms with Crippen molar-refractivity contribution in [1.82, 2.24) is 5.32 Å². The average Bonchev–Trinajstić information content (AvgIpc) is 3.32. The van der Waals surface area contributed by atoms with Gasteiger partial charge in [0.05, 0.1) is 13.0 Å². The maximum absolute atomic E-state index is 11.8. The van der Waals surface area contributed by atoms with Gasteiger partial charge >= 0.3 is 5.97 Å². The van der Waals surface area contributed by atoms with Crippen LogP contribution >= 0.6 is 0 Å². The van der Waals surface area contributed by atoms with Gasteiger partial charge in [0.25, 0.3) is 5.91 Å². The molecule has 1 atom stereocenters. The Kier molecular flexibility index (Phi) is 5.20. The molecule has 1 saturated carbocycles. The molecular formula is C16H21NO4. The number of nitrogens with one attached hydrogen (secondary N) is 1. The summed E-state index contributed by atoms with van der Waals surface area (Å²) in [7, 11) is 1.62. The molecule has 2 rings (SSSR count). The number of methoxy groups -OCH3 is 1. The summed E-state index contributed by atoms with van der Waals surface area (Å²) in [6, 6.07) is 7.69. The number of rotatable bonds is 7. The molecule has 5 nitrogen and oxygen atoms in total. The fraction of sp³-hybridized carbons (Fsp3) is 0.500. The van der Waals surface area contributed by atoms with Crippen LogP contribution in [-0.2, 0) is 20.7 Å². The minimum absolute atomic E-state index is 0.0135. The zero-order valence-corrected chi connectivity index (χ0v) is 12.4. The third-order valence-corrected chi connectivity index (χ3v) is 3.44. The molecule has 21 heavy (non-hydrogen) atoms. The molecule has 0 bridgehead atoms. The molecule has 0 saturated heterocycles. The summed E-state index contributed by atoms with van der Waals surface area (Å²) in [5, 5.41) is 2.78. The molecule has 1 aliphatic carbocycles. The predicted molar refractivity (Wildman–Crippen MR) is 78.0 cm³/mol. The van der Waals surface area contributed by atoms with E-state index in [1.54, 1.807) is 14.0 Å². The molecule has 1 amide bonds. The van der Waals surface area contributed by atoms with E-state index in [4.69, 9.17) is 9.47 Å². The Morgan fingerprint density at radius 2 is 1.95 bits per heavy atom. The third-order valence-electron chi connectivity index (χ3n) is 3.44. The van der Waals surface area contributed by atoms with E-state index in [1.807, 2.05) is 24.3 Å². The summed E-state index contributed by atoms with van der Waals surface area (Å²) < 4.78 is 10.2. The number of hydrogen-bond acceptors (Lipinski definition) is 4. The fourth-order valence-corrected chi connectivity index (χ4v) is 1.91. The van der Waals surface area contributed by atoms with E-state index in [0.29, 0.717) is 6.54 Å². The molecule has 0 unspecified atom stereocenters. The van der Waals surface area contributed by atoms with Crippen LogP contribution < -0.4 is 10.1 Å². The van der Waals surface area contributed by atoms with Crippen LogP contribution in [0.5, 0.6) is 5.75 Å². The second-order valence-electron chi connectivity index (χ2n) is 5.24. The van der Waals surface area contributed by atoms with Gasteiger partial charge in [0.2, 0.25) is 0 Å². The van der Waals surface area contributed by atoms with Crippen molar-refractivity contribution < 1.29 is 19.1 Å². The monoisotopic (exact) mass is 291 g/mol. The van der Waals surface area contributed by atoms with E-state index in [0.717, 1.165) is 30.6 Å². The standard InChI is InChI=1S/C16H21NO4/c1-11(21-16(19)13-5-6-13)15(18)17-10-9-12-3-7-14(20-2)8-4-12/h3-4,7-8,11,13H,5-6,9-10H2,1-2H3,(H,17,18)/t11-/m1/s1. The van der Waals surface area contributed by atoms with E-state index in [9.17, 15) is 9.59 Å². The number of ether oxygens (including phenoxy) is 2. The van der Waals surface area contributed by atoms with Crippen LogP contribution in [-0.4, -0.2) is 31.6 Å². The van der Waals surface area contributed by atoms with E-state index in [2.05, 4.69) is 5.32 Å². The highest BCUT2D eigenvalue weighted by atomic mass is 16.5. The molecule has 5 heteroatoms. The molecule has 0 aromatic heterocycles. The minimum atomic E-state index is -0.728. The summed E-state index contributed by atoms with van der Waals surface area (Å²) in [6.07, 6.45) is 1.75. The van der Waals surface area contributed by atoms with Crippen molar-refractivity contribution in [2.75, 3.05) is 13.7 Å². The van der Waals surface area contributed by atoms with Gasteiger partial charge < -0.3 is 14.8 Å². The van der Waals surface area contributed by atoms with Crippen LogP contribution in [0, 0.1) is 5.92 Å². The van der Waals surface area contributed by atoms with Crippen LogP contribution in [0.2, 0.25) is 0 Å². The number of hydrogen-bond donors (Lipinski definition) is 1. The summed E-state index contributed by atoms with van der Waals surface area (Å²) in [4.78, 5) is 23.3. The first-order valence-corrected chi connectivity index (χ1v) is 7.21. The van der Waals surface area contributed by atoms with Crippen molar-refractivity contribution in [1.29, 1.82) is 0 Å². The van der Waals surface area contributed by atoms with Crippen molar-refractivity contribution in [3.05, 3.63) is 29.8 Å². The highest BCUT2D eigenvalue weighted by Gasteiger charge is 2.33. The van der Waals surface area contributed by atoms with E-state index in [-0.39, 0.29) is 17.8 Å². The molecule has 0 heterocycles. The Morgan fingerprint density at radius 1 is 1.29 bits per heavy atom. The normalized spacial score (nSPS) is 15.1. The Labute approximate surface area is 124 Å². The number of carbonyl (C=O) groups excluding carboxylic acids is 2. The summed E-state index contributed by atoms with van der Waals surface area (Å²) in [5.41, 5.74) is 1.11. The number of esters is 1. The van der Waals surface area contributed by atoms with Gasteiger partial charge in [-0.2, -0.15) is 0 Å². The zero-order valence-electron chi connectivity index (χ0n) is 12.4. The summed E-state index contributed by atoms with van der Waals surface area (Å²) in [6.45, 7) is 2.11. The molecular weight excluding hydrogens is 270 g/mol. The van der Waals surface area contributed by atoms with Crippen LogP contribution in [0.15, 0.2) is 24.3 Å². The molecule has 114 valence electrons. The Hall–Kier alpha value is -2.04. The first-order valence-electron chi connectivity index (χ1n) is 7.21. The Bertz CT molecular complexity index is 494. The van der Waals surface area contributed by atoms with Gasteiger partial charge in [-0.1, -0.05) is 12.1 Å². The van der Waals surface area contributed by atoms with Gasteiger partial charge in [0, 0.05) is 6.54 Å². The van der Waals surface area contributed by atoms with Crippen molar-refractivity contribution in [2.24, 2.45) is 5.92 Å². The van der Waals surface area contributed by atoms with Crippen LogP contribution in [0.1, 0.15) is 25.3 Å². The van der Waals surface area contributed by atoms with Crippen molar-refractivity contribution in [2.45, 2.75) is 32.3 Å². The first kappa shape index (κ1) is 15.4. The van der Waals surface area contributed by atoms with Crippen molar-refractivity contribution in [3.63, 3.8) is 0 Å². The molecule has 1 N–H and O–H groups in total. The third kappa shape index (κ3) is 4.77. The quantitative estimate of drug-likeness (QED) is 0.777. The Balaban J connectivity index is 1.68. The maximum atomic E-state index is 11.8. The molecule has 1 aromatic rings. The molecule has 1 fully saturated rings. The van der Waals surface area contributed by atoms with Gasteiger partial charge in [-0.25, -0.2) is 0 Å². The van der Waals surface area contributed by atoms with Crippen molar-refractivity contribution in [3.8, 4) is 5.75 Å². The molecule has 1 aromatic carbocycles. The van der Waals surface area contributed by atoms with Gasteiger partial charge in [0.1, 0.15) is 5.75 Å². The smallest absolute Gasteiger partial charge is 0.309 e. The molecule has 0 spiro atoms. The second kappa shape index (κ2) is 7.11. The lowest BCUT2D eigenvalue weighted by atomic mass is 10.1. The van der Waals surface area contributed by atoms with Gasteiger partial charge in [-0.3, -0.25) is 9.59 Å². The number of benzene rings is 1. The van der Waals surface area contributed by atoms with E-state index < -0.39 is 6.10 Å². The fourth-order valence-electron chi connectivity index (χ4n) is 1.91. The lowest BCUT2D eigenvalue weighted by Gasteiger charge is -2.13. The molecule has 0 radical (unpaired) electrons. The van der Waals surface area contributed by atoms with Crippen LogP contribution in [0.4, 0.5) is 0 Å². The van der Waals surface area contributed by atoms with Crippen molar-refractivity contribution >= 4 is 11.9 Å². The minimum Gasteiger partial charge on any atom is -0.497 e. The van der Waals surface area contributed by atoms with E-state index in [1.165, 1.54) is 0 Å². The number of amides is 1. The maximum Gasteiger partial charge on any atom is 0.309 e.